The van der Waals surface area contributed by atoms with Crippen molar-refractivity contribution in [1.29, 1.82) is 5.41 Å². The van der Waals surface area contributed by atoms with Gasteiger partial charge in [0.1, 0.15) is 10.9 Å². The van der Waals surface area contributed by atoms with Gasteiger partial charge in [0, 0.05) is 16.7 Å². The van der Waals surface area contributed by atoms with Crippen LogP contribution in [-0.2, 0) is 0 Å². The van der Waals surface area contributed by atoms with E-state index in [1.807, 2.05) is 12.1 Å². The van der Waals surface area contributed by atoms with Crippen molar-refractivity contribution < 1.29 is 0 Å². The van der Waals surface area contributed by atoms with Gasteiger partial charge in [-0.2, -0.15) is 0 Å². The zero-order valence-electron chi connectivity index (χ0n) is 9.15. The number of hydrogen-bond donors (Lipinski definition) is 2. The van der Waals surface area contributed by atoms with Crippen LogP contribution in [0.15, 0.2) is 46.5 Å². The lowest BCUT2D eigenvalue weighted by Crippen LogP contribution is -2.13. The summed E-state index contributed by atoms with van der Waals surface area (Å²) < 4.78 is 0. The lowest BCUT2D eigenvalue weighted by Gasteiger charge is -2.09. The van der Waals surface area contributed by atoms with Crippen molar-refractivity contribution in [3.05, 3.63) is 52.1 Å². The van der Waals surface area contributed by atoms with Crippen LogP contribution in [-0.4, -0.2) is 10.8 Å². The molecule has 1 heterocycles. The quantitative estimate of drug-likeness (QED) is 0.668. The third kappa shape index (κ3) is 2.96. The Kier molecular flexibility index (Phi) is 4.11. The second kappa shape index (κ2) is 5.61. The second-order valence-corrected chi connectivity index (χ2v) is 5.35. The highest BCUT2D eigenvalue weighted by Gasteiger charge is 2.11. The van der Waals surface area contributed by atoms with E-state index >= 15 is 0 Å². The maximum Gasteiger partial charge on any atom is 0.125 e. The Hall–Kier alpha value is -1.23. The minimum Gasteiger partial charge on any atom is -0.384 e. The molecule has 0 unspecified atom stereocenters. The molecule has 0 aliphatic carbocycles. The number of halogens is 2. The fourth-order valence-corrected chi connectivity index (χ4v) is 2.77. The van der Waals surface area contributed by atoms with Crippen molar-refractivity contribution in [2.24, 2.45) is 5.73 Å². The third-order valence-corrected chi connectivity index (χ3v) is 3.71. The van der Waals surface area contributed by atoms with Gasteiger partial charge < -0.3 is 5.73 Å². The molecule has 0 aliphatic rings. The summed E-state index contributed by atoms with van der Waals surface area (Å²) in [5.41, 5.74) is 6.07. The molecule has 3 nitrogen and oxygen atoms in total. The maximum atomic E-state index is 7.56. The van der Waals surface area contributed by atoms with E-state index < -0.39 is 0 Å². The molecule has 0 radical (unpaired) electrons. The SMILES string of the molecule is N=C(N)c1c(Cl)cccc1Sc1ccc(Cl)cn1. The number of amidine groups is 1. The predicted octanol–water partition coefficient (Wildman–Crippen LogP) is 3.82. The Labute approximate surface area is 119 Å². The highest BCUT2D eigenvalue weighted by Crippen LogP contribution is 2.32. The molecule has 92 valence electrons. The Morgan fingerprint density at radius 1 is 1.22 bits per heavy atom. The van der Waals surface area contributed by atoms with Crippen molar-refractivity contribution in [3.63, 3.8) is 0 Å². The first kappa shape index (κ1) is 13.2. The molecule has 0 amide bonds. The predicted molar refractivity (Wildman–Crippen MR) is 75.8 cm³/mol. The topological polar surface area (TPSA) is 62.8 Å². The summed E-state index contributed by atoms with van der Waals surface area (Å²) in [6.45, 7) is 0. The van der Waals surface area contributed by atoms with Gasteiger partial charge in [0.25, 0.3) is 0 Å². The van der Waals surface area contributed by atoms with E-state index in [0.29, 0.717) is 15.6 Å². The normalized spacial score (nSPS) is 10.3. The molecule has 0 atom stereocenters. The zero-order chi connectivity index (χ0) is 13.1. The molecule has 0 bridgehead atoms. The number of benzene rings is 1. The smallest absolute Gasteiger partial charge is 0.125 e. The summed E-state index contributed by atoms with van der Waals surface area (Å²) >= 11 is 13.2. The minimum atomic E-state index is -0.0583. The number of pyridine rings is 1. The van der Waals surface area contributed by atoms with Gasteiger partial charge in [0.2, 0.25) is 0 Å². The van der Waals surface area contributed by atoms with Crippen LogP contribution >= 0.6 is 35.0 Å². The molecule has 1 aromatic heterocycles. The zero-order valence-corrected chi connectivity index (χ0v) is 11.5. The van der Waals surface area contributed by atoms with E-state index in [2.05, 4.69) is 4.98 Å². The number of nitrogens with zero attached hydrogens (tertiary/aromatic N) is 1. The van der Waals surface area contributed by atoms with Crippen LogP contribution in [0.1, 0.15) is 5.56 Å². The first-order valence-electron chi connectivity index (χ1n) is 5.00. The van der Waals surface area contributed by atoms with Crippen LogP contribution in [0.25, 0.3) is 0 Å². The molecule has 2 aromatic rings. The maximum absolute atomic E-state index is 7.56. The van der Waals surface area contributed by atoms with E-state index in [9.17, 15) is 0 Å². The van der Waals surface area contributed by atoms with Gasteiger partial charge >= 0.3 is 0 Å². The molecule has 18 heavy (non-hydrogen) atoms. The molecule has 3 N–H and O–H groups in total. The molecule has 0 saturated heterocycles. The third-order valence-electron chi connectivity index (χ3n) is 2.16. The van der Waals surface area contributed by atoms with Crippen molar-refractivity contribution in [2.75, 3.05) is 0 Å². The fraction of sp³-hybridized carbons (Fsp3) is 0. The Morgan fingerprint density at radius 2 is 2.00 bits per heavy atom. The first-order valence-corrected chi connectivity index (χ1v) is 6.57. The van der Waals surface area contributed by atoms with Gasteiger partial charge in [0.05, 0.1) is 10.0 Å². The number of nitrogens with one attached hydrogen (secondary N) is 1. The average Bonchev–Trinajstić information content (AvgIpc) is 2.32. The standard InChI is InChI=1S/C12H9Cl2N3S/c13-7-4-5-10(17-6-7)18-9-3-1-2-8(14)11(9)12(15)16/h1-6H,(H3,15,16). The Morgan fingerprint density at radius 3 is 2.61 bits per heavy atom. The number of nitrogens with two attached hydrogens (primary N) is 1. The summed E-state index contributed by atoms with van der Waals surface area (Å²) in [5.74, 6) is -0.0583. The Bertz CT molecular complexity index is 584. The number of nitrogen functional groups attached to an aromatic ring is 1. The van der Waals surface area contributed by atoms with E-state index in [0.717, 1.165) is 9.92 Å². The van der Waals surface area contributed by atoms with E-state index in [-0.39, 0.29) is 5.84 Å². The second-order valence-electron chi connectivity index (χ2n) is 3.44. The highest BCUT2D eigenvalue weighted by atomic mass is 35.5. The molecular weight excluding hydrogens is 289 g/mol. The molecule has 6 heteroatoms. The van der Waals surface area contributed by atoms with Crippen LogP contribution in [0.5, 0.6) is 0 Å². The molecule has 1 aromatic carbocycles. The highest BCUT2D eigenvalue weighted by molar-refractivity contribution is 7.99. The molecule has 0 spiro atoms. The van der Waals surface area contributed by atoms with Crippen molar-refractivity contribution >= 4 is 40.8 Å². The van der Waals surface area contributed by atoms with Gasteiger partial charge in [-0.3, -0.25) is 5.41 Å². The van der Waals surface area contributed by atoms with Crippen molar-refractivity contribution in [1.82, 2.24) is 4.98 Å². The van der Waals surface area contributed by atoms with Crippen LogP contribution < -0.4 is 5.73 Å². The minimum absolute atomic E-state index is 0.0583. The van der Waals surface area contributed by atoms with Gasteiger partial charge in [-0.15, -0.1) is 0 Å². The number of rotatable bonds is 3. The lowest BCUT2D eigenvalue weighted by molar-refractivity contribution is 1.13. The number of hydrogen-bond acceptors (Lipinski definition) is 3. The van der Waals surface area contributed by atoms with Gasteiger partial charge in [-0.1, -0.05) is 41.0 Å². The van der Waals surface area contributed by atoms with Crippen LogP contribution in [0, 0.1) is 5.41 Å². The summed E-state index contributed by atoms with van der Waals surface area (Å²) in [6, 6.07) is 8.93. The monoisotopic (exact) mass is 297 g/mol. The molecular formula is C12H9Cl2N3S. The van der Waals surface area contributed by atoms with E-state index in [4.69, 9.17) is 34.3 Å². The van der Waals surface area contributed by atoms with Crippen LogP contribution in [0.3, 0.4) is 0 Å². The average molecular weight is 298 g/mol. The molecule has 2 rings (SSSR count). The van der Waals surface area contributed by atoms with E-state index in [1.165, 1.54) is 11.8 Å². The Balaban J connectivity index is 2.37. The number of aromatic nitrogens is 1. The van der Waals surface area contributed by atoms with Gasteiger partial charge in [-0.25, -0.2) is 4.98 Å². The summed E-state index contributed by atoms with van der Waals surface area (Å²) in [7, 11) is 0. The summed E-state index contributed by atoms with van der Waals surface area (Å²) in [4.78, 5) is 4.98. The fourth-order valence-electron chi connectivity index (χ4n) is 1.39. The van der Waals surface area contributed by atoms with Crippen LogP contribution in [0.2, 0.25) is 10.0 Å². The molecule has 0 fully saturated rings. The first-order chi connectivity index (χ1) is 8.58. The van der Waals surface area contributed by atoms with Gasteiger partial charge in [-0.05, 0) is 24.3 Å². The van der Waals surface area contributed by atoms with Gasteiger partial charge in [0.15, 0.2) is 0 Å². The molecule has 0 aliphatic heterocycles. The largest absolute Gasteiger partial charge is 0.384 e. The van der Waals surface area contributed by atoms with Crippen LogP contribution in [0.4, 0.5) is 0 Å². The van der Waals surface area contributed by atoms with E-state index in [1.54, 1.807) is 24.4 Å². The van der Waals surface area contributed by atoms with Crippen molar-refractivity contribution in [2.45, 2.75) is 9.92 Å². The summed E-state index contributed by atoms with van der Waals surface area (Å²) in [5, 5.41) is 9.36. The summed E-state index contributed by atoms with van der Waals surface area (Å²) in [6.07, 6.45) is 1.57. The lowest BCUT2D eigenvalue weighted by atomic mass is 10.2. The van der Waals surface area contributed by atoms with Crippen molar-refractivity contribution in [3.8, 4) is 0 Å². The molecule has 0 saturated carbocycles.